The van der Waals surface area contributed by atoms with Gasteiger partial charge in [-0.1, -0.05) is 34.1 Å². The molecule has 0 nitrogen and oxygen atoms in total. The second-order valence-corrected chi connectivity index (χ2v) is 4.90. The minimum atomic E-state index is 0.491. The van der Waals surface area contributed by atoms with Crippen molar-refractivity contribution in [2.24, 2.45) is 16.7 Å². The molecular weight excluding hydrogens is 156 g/mol. The van der Waals surface area contributed by atoms with E-state index in [1.165, 1.54) is 12.8 Å². The van der Waals surface area contributed by atoms with Crippen molar-refractivity contribution in [1.82, 2.24) is 0 Å². The summed E-state index contributed by atoms with van der Waals surface area (Å²) in [5.41, 5.74) is 1.02. The lowest BCUT2D eigenvalue weighted by Crippen LogP contribution is -2.02. The Bertz CT molecular complexity index is 151. The molecule has 0 radical (unpaired) electrons. The third kappa shape index (κ3) is 1.11. The summed E-state index contributed by atoms with van der Waals surface area (Å²) in [5.74, 6) is 1.58. The molecule has 1 aliphatic carbocycles. The third-order valence-corrected chi connectivity index (χ3v) is 4.26. The molecule has 0 spiro atoms. The van der Waals surface area contributed by atoms with Crippen molar-refractivity contribution in [2.45, 2.75) is 40.5 Å². The maximum atomic E-state index is 5.90. The first kappa shape index (κ1) is 9.38. The molecule has 0 aliphatic heterocycles. The lowest BCUT2D eigenvalue weighted by atomic mass is 9.93. The number of hydrogen-bond donors (Lipinski definition) is 0. The van der Waals surface area contributed by atoms with Crippen LogP contribution in [0.2, 0.25) is 0 Å². The van der Waals surface area contributed by atoms with Crippen molar-refractivity contribution in [3.8, 4) is 0 Å². The fraction of sp³-hybridized carbons (Fsp3) is 1.00. The lowest BCUT2D eigenvalue weighted by Gasteiger charge is -2.12. The summed E-state index contributed by atoms with van der Waals surface area (Å²) in [7, 11) is 0. The molecule has 0 saturated heterocycles. The van der Waals surface area contributed by atoms with Gasteiger partial charge in [0.15, 0.2) is 0 Å². The molecule has 1 rings (SSSR count). The first-order valence-electron chi connectivity index (χ1n) is 4.56. The summed E-state index contributed by atoms with van der Waals surface area (Å²) >= 11 is 5.90. The van der Waals surface area contributed by atoms with Gasteiger partial charge in [0.05, 0.1) is 0 Å². The Morgan fingerprint density at radius 3 is 2.09 bits per heavy atom. The maximum Gasteiger partial charge on any atom is 0.0262 e. The van der Waals surface area contributed by atoms with Gasteiger partial charge >= 0.3 is 0 Å². The van der Waals surface area contributed by atoms with E-state index in [1.54, 1.807) is 0 Å². The topological polar surface area (TPSA) is 0 Å². The van der Waals surface area contributed by atoms with Crippen LogP contribution < -0.4 is 0 Å². The molecule has 0 aromatic heterocycles. The maximum absolute atomic E-state index is 5.90. The second kappa shape index (κ2) is 2.65. The monoisotopic (exact) mass is 174 g/mol. The van der Waals surface area contributed by atoms with Gasteiger partial charge < -0.3 is 0 Å². The quantitative estimate of drug-likeness (QED) is 0.573. The van der Waals surface area contributed by atoms with E-state index in [0.29, 0.717) is 10.8 Å². The van der Waals surface area contributed by atoms with E-state index in [-0.39, 0.29) is 0 Å². The van der Waals surface area contributed by atoms with Gasteiger partial charge in [-0.25, -0.2) is 0 Å². The minimum Gasteiger partial charge on any atom is -0.126 e. The average molecular weight is 175 g/mol. The van der Waals surface area contributed by atoms with Crippen molar-refractivity contribution in [3.63, 3.8) is 0 Å². The van der Waals surface area contributed by atoms with Crippen LogP contribution in [-0.4, -0.2) is 5.88 Å². The highest BCUT2D eigenvalue weighted by molar-refractivity contribution is 6.18. The van der Waals surface area contributed by atoms with Crippen molar-refractivity contribution in [3.05, 3.63) is 0 Å². The van der Waals surface area contributed by atoms with Crippen molar-refractivity contribution < 1.29 is 0 Å². The smallest absolute Gasteiger partial charge is 0.0262 e. The van der Waals surface area contributed by atoms with Crippen LogP contribution in [0, 0.1) is 16.7 Å². The number of halogens is 1. The Morgan fingerprint density at radius 2 is 1.82 bits per heavy atom. The highest BCUT2D eigenvalue weighted by atomic mass is 35.5. The van der Waals surface area contributed by atoms with E-state index in [4.69, 9.17) is 11.6 Å². The largest absolute Gasteiger partial charge is 0.126 e. The molecule has 0 heterocycles. The van der Waals surface area contributed by atoms with Gasteiger partial charge in [0.25, 0.3) is 0 Å². The van der Waals surface area contributed by atoms with Crippen LogP contribution in [0.3, 0.4) is 0 Å². The summed E-state index contributed by atoms with van der Waals surface area (Å²) in [6.07, 6.45) is 2.62. The van der Waals surface area contributed by atoms with Crippen LogP contribution in [-0.2, 0) is 0 Å². The molecule has 0 amide bonds. The Kier molecular flexibility index (Phi) is 2.26. The van der Waals surface area contributed by atoms with E-state index in [1.807, 2.05) is 0 Å². The summed E-state index contributed by atoms with van der Waals surface area (Å²) in [6, 6.07) is 0. The zero-order chi connectivity index (χ0) is 8.70. The van der Waals surface area contributed by atoms with Gasteiger partial charge in [0.1, 0.15) is 0 Å². The lowest BCUT2D eigenvalue weighted by molar-refractivity contribution is 0.384. The molecular formula is C10H19Cl. The summed E-state index contributed by atoms with van der Waals surface area (Å²) < 4.78 is 0. The molecule has 0 bridgehead atoms. The molecule has 1 fully saturated rings. The number of alkyl halides is 1. The predicted octanol–water partition coefficient (Wildman–Crippen LogP) is 3.69. The molecule has 0 aromatic rings. The summed E-state index contributed by atoms with van der Waals surface area (Å²) in [4.78, 5) is 0. The molecule has 2 unspecified atom stereocenters. The fourth-order valence-corrected chi connectivity index (χ4v) is 3.30. The van der Waals surface area contributed by atoms with Gasteiger partial charge in [0, 0.05) is 5.88 Å². The highest BCUT2D eigenvalue weighted by Crippen LogP contribution is 2.71. The number of rotatable bonds is 3. The van der Waals surface area contributed by atoms with Crippen LogP contribution in [0.4, 0.5) is 0 Å². The van der Waals surface area contributed by atoms with E-state index in [2.05, 4.69) is 27.7 Å². The summed E-state index contributed by atoms with van der Waals surface area (Å²) in [5, 5.41) is 0. The molecule has 0 aromatic carbocycles. The van der Waals surface area contributed by atoms with Gasteiger partial charge in [0.2, 0.25) is 0 Å². The first-order valence-corrected chi connectivity index (χ1v) is 5.10. The van der Waals surface area contributed by atoms with Crippen LogP contribution in [0.1, 0.15) is 40.5 Å². The van der Waals surface area contributed by atoms with Crippen LogP contribution >= 0.6 is 11.6 Å². The molecule has 1 heteroatoms. The predicted molar refractivity (Wildman–Crippen MR) is 51.0 cm³/mol. The van der Waals surface area contributed by atoms with Gasteiger partial charge in [-0.3, -0.25) is 0 Å². The molecule has 0 N–H and O–H groups in total. The molecule has 1 aliphatic rings. The molecule has 66 valence electrons. The highest BCUT2D eigenvalue weighted by Gasteiger charge is 2.65. The average Bonchev–Trinajstić information content (AvgIpc) is 2.28. The summed E-state index contributed by atoms with van der Waals surface area (Å²) in [6.45, 7) is 9.32. The fourth-order valence-electron chi connectivity index (χ4n) is 2.58. The Balaban J connectivity index is 2.61. The minimum absolute atomic E-state index is 0.491. The normalized spacial score (nSPS) is 40.6. The van der Waals surface area contributed by atoms with E-state index >= 15 is 0 Å². The molecule has 2 atom stereocenters. The van der Waals surface area contributed by atoms with Crippen molar-refractivity contribution in [2.75, 3.05) is 5.88 Å². The Hall–Kier alpha value is 0.290. The zero-order valence-electron chi connectivity index (χ0n) is 8.08. The van der Waals surface area contributed by atoms with Crippen LogP contribution in [0.25, 0.3) is 0 Å². The van der Waals surface area contributed by atoms with Crippen LogP contribution in [0.15, 0.2) is 0 Å². The zero-order valence-corrected chi connectivity index (χ0v) is 8.83. The van der Waals surface area contributed by atoms with Gasteiger partial charge in [-0.2, -0.15) is 0 Å². The van der Waals surface area contributed by atoms with Crippen LogP contribution in [0.5, 0.6) is 0 Å². The SMILES string of the molecule is CCCC1(C)C(CCl)C1(C)C. The van der Waals surface area contributed by atoms with Gasteiger partial charge in [-0.05, 0) is 23.2 Å². The Morgan fingerprint density at radius 1 is 1.27 bits per heavy atom. The van der Waals surface area contributed by atoms with Gasteiger partial charge in [-0.15, -0.1) is 11.6 Å². The third-order valence-electron chi connectivity index (χ3n) is 3.95. The molecule has 1 saturated carbocycles. The van der Waals surface area contributed by atoms with Crippen molar-refractivity contribution >= 4 is 11.6 Å². The molecule has 11 heavy (non-hydrogen) atoms. The van der Waals surface area contributed by atoms with E-state index in [9.17, 15) is 0 Å². The number of hydrogen-bond acceptors (Lipinski definition) is 0. The van der Waals surface area contributed by atoms with Crippen molar-refractivity contribution in [1.29, 1.82) is 0 Å². The second-order valence-electron chi connectivity index (χ2n) is 4.60. The van der Waals surface area contributed by atoms with E-state index in [0.717, 1.165) is 11.8 Å². The first-order chi connectivity index (χ1) is 5.00. The Labute approximate surface area is 75.3 Å². The standard InChI is InChI=1S/C10H19Cl/c1-5-6-10(4)8(7-11)9(10,2)3/h8H,5-7H2,1-4H3. The van der Waals surface area contributed by atoms with E-state index < -0.39 is 0 Å².